The van der Waals surface area contributed by atoms with E-state index in [0.717, 1.165) is 0 Å². The van der Waals surface area contributed by atoms with Gasteiger partial charge < -0.3 is 5.32 Å². The maximum absolute atomic E-state index is 13.7. The number of hydrogen-bond acceptors (Lipinski definition) is 5. The van der Waals surface area contributed by atoms with Gasteiger partial charge in [0.15, 0.2) is 0 Å². The second-order valence-electron chi connectivity index (χ2n) is 5.60. The lowest BCUT2D eigenvalue weighted by molar-refractivity contribution is -0.385. The largest absolute Gasteiger partial charge is 0.346 e. The van der Waals surface area contributed by atoms with Crippen LogP contribution in [0.1, 0.15) is 21.6 Å². The monoisotopic (exact) mass is 433 g/mol. The first-order chi connectivity index (χ1) is 12.9. The van der Waals surface area contributed by atoms with Gasteiger partial charge in [0, 0.05) is 17.2 Å². The van der Waals surface area contributed by atoms with E-state index in [1.54, 1.807) is 24.4 Å². The number of nitro benzene ring substituents is 1. The van der Waals surface area contributed by atoms with Gasteiger partial charge >= 0.3 is 0 Å². The van der Waals surface area contributed by atoms with Crippen LogP contribution in [0, 0.1) is 15.9 Å². The maximum Gasteiger partial charge on any atom is 0.284 e. The molecule has 1 heterocycles. The first-order valence-electron chi connectivity index (χ1n) is 7.78. The highest BCUT2D eigenvalue weighted by Gasteiger charge is 2.16. The zero-order chi connectivity index (χ0) is 19.4. The zero-order valence-corrected chi connectivity index (χ0v) is 15.4. The molecule has 0 atom stereocenters. The Morgan fingerprint density at radius 2 is 2.07 bits per heavy atom. The molecule has 0 fully saturated rings. The van der Waals surface area contributed by atoms with Gasteiger partial charge in [-0.2, -0.15) is 0 Å². The average molecular weight is 434 g/mol. The molecule has 2 aromatic carbocycles. The van der Waals surface area contributed by atoms with Crippen molar-refractivity contribution in [2.75, 3.05) is 0 Å². The number of carbonyl (C=O) groups is 1. The summed E-state index contributed by atoms with van der Waals surface area (Å²) in [7, 11) is 0. The predicted octanol–water partition coefficient (Wildman–Crippen LogP) is 3.07. The standard InChI is InChI=1S/C17H13BrFN5O3/c18-14-6-5-11(7-16(14)24(26)27)17(25)20-8-13-10-23(22-21-13)9-12-3-1-2-4-15(12)19/h1-7,10H,8-9H2,(H,20,25). The number of hydrogen-bond donors (Lipinski definition) is 1. The molecule has 1 amide bonds. The molecule has 1 N–H and O–H groups in total. The maximum atomic E-state index is 13.7. The van der Waals surface area contributed by atoms with Crippen molar-refractivity contribution in [3.8, 4) is 0 Å². The van der Waals surface area contributed by atoms with E-state index >= 15 is 0 Å². The highest BCUT2D eigenvalue weighted by Crippen LogP contribution is 2.25. The Hall–Kier alpha value is -3.14. The second-order valence-corrected chi connectivity index (χ2v) is 6.46. The molecule has 3 aromatic rings. The number of halogens is 2. The Labute approximate surface area is 161 Å². The molecular formula is C17H13BrFN5O3. The summed E-state index contributed by atoms with van der Waals surface area (Å²) in [5, 5.41) is 21.4. The number of rotatable bonds is 6. The molecule has 138 valence electrons. The molecular weight excluding hydrogens is 421 g/mol. The van der Waals surface area contributed by atoms with Crippen molar-refractivity contribution in [2.24, 2.45) is 0 Å². The number of aromatic nitrogens is 3. The summed E-state index contributed by atoms with van der Waals surface area (Å²) in [6, 6.07) is 10.5. The summed E-state index contributed by atoms with van der Waals surface area (Å²) < 4.78 is 15.4. The van der Waals surface area contributed by atoms with Crippen LogP contribution in [-0.4, -0.2) is 25.8 Å². The molecule has 0 saturated carbocycles. The predicted molar refractivity (Wildman–Crippen MR) is 97.5 cm³/mol. The van der Waals surface area contributed by atoms with Crippen LogP contribution < -0.4 is 5.32 Å². The lowest BCUT2D eigenvalue weighted by Crippen LogP contribution is -2.23. The van der Waals surface area contributed by atoms with Crippen LogP contribution in [0.3, 0.4) is 0 Å². The normalized spacial score (nSPS) is 10.6. The third-order valence-corrected chi connectivity index (χ3v) is 4.38. The van der Waals surface area contributed by atoms with Gasteiger partial charge in [-0.3, -0.25) is 14.9 Å². The number of nitrogens with zero attached hydrogens (tertiary/aromatic N) is 4. The smallest absolute Gasteiger partial charge is 0.284 e. The molecule has 0 spiro atoms. The summed E-state index contributed by atoms with van der Waals surface area (Å²) in [4.78, 5) is 22.6. The highest BCUT2D eigenvalue weighted by molar-refractivity contribution is 9.10. The van der Waals surface area contributed by atoms with Gasteiger partial charge in [0.05, 0.1) is 28.7 Å². The molecule has 0 saturated heterocycles. The van der Waals surface area contributed by atoms with E-state index in [-0.39, 0.29) is 30.2 Å². The number of nitrogens with one attached hydrogen (secondary N) is 1. The summed E-state index contributed by atoms with van der Waals surface area (Å²) in [6.45, 7) is 0.298. The van der Waals surface area contributed by atoms with Gasteiger partial charge in [0.2, 0.25) is 0 Å². The zero-order valence-electron chi connectivity index (χ0n) is 13.8. The Kier molecular flexibility index (Phi) is 5.55. The molecule has 0 unspecified atom stereocenters. The van der Waals surface area contributed by atoms with E-state index in [2.05, 4.69) is 31.6 Å². The minimum absolute atomic E-state index is 0.0833. The minimum atomic E-state index is -0.574. The first-order valence-corrected chi connectivity index (χ1v) is 8.58. The number of carbonyl (C=O) groups excluding carboxylic acids is 1. The van der Waals surface area contributed by atoms with Gasteiger partial charge in [-0.1, -0.05) is 23.4 Å². The van der Waals surface area contributed by atoms with Gasteiger partial charge in [-0.05, 0) is 34.1 Å². The van der Waals surface area contributed by atoms with E-state index < -0.39 is 10.8 Å². The lowest BCUT2D eigenvalue weighted by atomic mass is 10.2. The van der Waals surface area contributed by atoms with Crippen LogP contribution >= 0.6 is 15.9 Å². The molecule has 3 rings (SSSR count). The van der Waals surface area contributed by atoms with Crippen molar-refractivity contribution >= 4 is 27.5 Å². The van der Waals surface area contributed by atoms with Crippen LogP contribution in [0.25, 0.3) is 0 Å². The van der Waals surface area contributed by atoms with Crippen LogP contribution in [-0.2, 0) is 13.1 Å². The first kappa shape index (κ1) is 18.6. The second kappa shape index (κ2) is 8.04. The topological polar surface area (TPSA) is 103 Å². The fourth-order valence-electron chi connectivity index (χ4n) is 2.36. The molecule has 0 radical (unpaired) electrons. The average Bonchev–Trinajstić information content (AvgIpc) is 3.09. The number of benzene rings is 2. The third kappa shape index (κ3) is 4.53. The molecule has 27 heavy (non-hydrogen) atoms. The van der Waals surface area contributed by atoms with Crippen molar-refractivity contribution in [2.45, 2.75) is 13.1 Å². The Balaban J connectivity index is 1.63. The molecule has 0 aliphatic carbocycles. The lowest BCUT2D eigenvalue weighted by Gasteiger charge is -2.04. The molecule has 0 aliphatic rings. The molecule has 1 aromatic heterocycles. The Bertz CT molecular complexity index is 1010. The van der Waals surface area contributed by atoms with Crippen molar-refractivity contribution in [3.05, 3.63) is 85.9 Å². The molecule has 8 nitrogen and oxygen atoms in total. The van der Waals surface area contributed by atoms with E-state index in [1.165, 1.54) is 28.9 Å². The van der Waals surface area contributed by atoms with Crippen LogP contribution in [0.5, 0.6) is 0 Å². The third-order valence-electron chi connectivity index (χ3n) is 3.71. The fraction of sp³-hybridized carbons (Fsp3) is 0.118. The fourth-order valence-corrected chi connectivity index (χ4v) is 2.76. The molecule has 0 bridgehead atoms. The summed E-state index contributed by atoms with van der Waals surface area (Å²) in [5.41, 5.74) is 0.911. The summed E-state index contributed by atoms with van der Waals surface area (Å²) in [6.07, 6.45) is 1.59. The highest BCUT2D eigenvalue weighted by atomic mass is 79.9. The van der Waals surface area contributed by atoms with Gasteiger partial charge in [-0.15, -0.1) is 5.10 Å². The van der Waals surface area contributed by atoms with Crippen LogP contribution in [0.4, 0.5) is 10.1 Å². The van der Waals surface area contributed by atoms with Crippen molar-refractivity contribution in [3.63, 3.8) is 0 Å². The van der Waals surface area contributed by atoms with Crippen LogP contribution in [0.15, 0.2) is 53.1 Å². The van der Waals surface area contributed by atoms with Gasteiger partial charge in [-0.25, -0.2) is 9.07 Å². The van der Waals surface area contributed by atoms with Crippen molar-refractivity contribution in [1.29, 1.82) is 0 Å². The van der Waals surface area contributed by atoms with Crippen LogP contribution in [0.2, 0.25) is 0 Å². The van der Waals surface area contributed by atoms with E-state index in [4.69, 9.17) is 0 Å². The quantitative estimate of drug-likeness (QED) is 0.475. The number of amides is 1. The van der Waals surface area contributed by atoms with Gasteiger partial charge in [0.25, 0.3) is 11.6 Å². The minimum Gasteiger partial charge on any atom is -0.346 e. The Morgan fingerprint density at radius 1 is 1.30 bits per heavy atom. The Morgan fingerprint density at radius 3 is 2.81 bits per heavy atom. The van der Waals surface area contributed by atoms with E-state index in [0.29, 0.717) is 15.7 Å². The van der Waals surface area contributed by atoms with Gasteiger partial charge in [0.1, 0.15) is 11.5 Å². The summed E-state index contributed by atoms with van der Waals surface area (Å²) in [5.74, 6) is -0.811. The van der Waals surface area contributed by atoms with Crippen molar-refractivity contribution < 1.29 is 14.1 Å². The summed E-state index contributed by atoms with van der Waals surface area (Å²) >= 11 is 3.07. The SMILES string of the molecule is O=C(NCc1cn(Cc2ccccc2F)nn1)c1ccc(Br)c([N+](=O)[O-])c1. The molecule has 10 heteroatoms. The van der Waals surface area contributed by atoms with E-state index in [1.807, 2.05) is 0 Å². The van der Waals surface area contributed by atoms with E-state index in [9.17, 15) is 19.3 Å². The molecule has 0 aliphatic heterocycles. The van der Waals surface area contributed by atoms with Crippen molar-refractivity contribution in [1.82, 2.24) is 20.3 Å². The number of nitro groups is 1.